The van der Waals surface area contributed by atoms with E-state index >= 15 is 0 Å². The normalized spacial score (nSPS) is 20.1. The molecule has 0 aliphatic carbocycles. The van der Waals surface area contributed by atoms with Crippen LogP contribution >= 0.6 is 11.8 Å². The summed E-state index contributed by atoms with van der Waals surface area (Å²) in [5.41, 5.74) is -1.40. The van der Waals surface area contributed by atoms with Crippen LogP contribution in [0.5, 0.6) is 0 Å². The van der Waals surface area contributed by atoms with E-state index in [2.05, 4.69) is 15.3 Å². The summed E-state index contributed by atoms with van der Waals surface area (Å²) in [6, 6.07) is 0.889. The van der Waals surface area contributed by atoms with E-state index in [4.69, 9.17) is 0 Å². The number of aromatic nitrogens is 2. The molecule has 1 aliphatic heterocycles. The molecule has 4 nitrogen and oxygen atoms in total. The van der Waals surface area contributed by atoms with Crippen molar-refractivity contribution in [1.82, 2.24) is 9.78 Å². The molecule has 1 aliphatic rings. The van der Waals surface area contributed by atoms with Crippen molar-refractivity contribution in [2.45, 2.75) is 11.7 Å². The van der Waals surface area contributed by atoms with Gasteiger partial charge in [-0.2, -0.15) is 18.3 Å². The van der Waals surface area contributed by atoms with Gasteiger partial charge in [0, 0.05) is 6.07 Å². The fraction of sp³-hybridized carbons (Fsp3) is 0.500. The number of hydrogen-bond acceptors (Lipinski definition) is 4. The number of halogens is 3. The average molecular weight is 222 g/mol. The van der Waals surface area contributed by atoms with E-state index in [0.717, 1.165) is 10.7 Å². The molecule has 0 radical (unpaired) electrons. The van der Waals surface area contributed by atoms with E-state index in [9.17, 15) is 13.2 Å². The molecular weight excluding hydrogens is 217 g/mol. The Bertz CT molecular complexity index is 383. The Kier molecular flexibility index (Phi) is 2.02. The number of hydrogen-bond donors (Lipinski definition) is 0. The van der Waals surface area contributed by atoms with E-state index in [-0.39, 0.29) is 5.82 Å². The van der Waals surface area contributed by atoms with Crippen LogP contribution in [0.4, 0.5) is 19.0 Å². The lowest BCUT2D eigenvalue weighted by molar-refractivity contribution is -0.141. The molecule has 0 N–H and O–H groups in total. The first-order valence-electron chi connectivity index (χ1n) is 3.63. The third-order valence-corrected chi connectivity index (χ3v) is 2.40. The fourth-order valence-electron chi connectivity index (χ4n) is 1.06. The second-order valence-electron chi connectivity index (χ2n) is 2.61. The Labute approximate surface area is 81.2 Å². The van der Waals surface area contributed by atoms with E-state index < -0.39 is 17.4 Å². The Hall–Kier alpha value is -1.05. The molecule has 2 heterocycles. The van der Waals surface area contributed by atoms with Crippen LogP contribution in [0.2, 0.25) is 0 Å². The Morgan fingerprint density at radius 3 is 2.79 bits per heavy atom. The van der Waals surface area contributed by atoms with Crippen LogP contribution in [0.1, 0.15) is 11.2 Å². The maximum Gasteiger partial charge on any atom is 0.435 e. The Balaban J connectivity index is 2.40. The first-order valence-corrected chi connectivity index (χ1v) is 4.91. The molecule has 0 saturated heterocycles. The first-order chi connectivity index (χ1) is 6.52. The monoisotopic (exact) mass is 222 g/mol. The molecule has 0 fully saturated rings. The fourth-order valence-corrected chi connectivity index (χ4v) is 1.56. The molecule has 1 aromatic rings. The van der Waals surface area contributed by atoms with Crippen LogP contribution in [0.25, 0.3) is 0 Å². The second kappa shape index (κ2) is 2.97. The van der Waals surface area contributed by atoms with Crippen molar-refractivity contribution < 1.29 is 13.2 Å². The maximum absolute atomic E-state index is 12.2. The van der Waals surface area contributed by atoms with Gasteiger partial charge in [0.25, 0.3) is 0 Å². The number of fused-ring (bicyclic) bond motifs is 1. The highest BCUT2D eigenvalue weighted by Gasteiger charge is 2.36. The third kappa shape index (κ3) is 1.39. The van der Waals surface area contributed by atoms with Crippen molar-refractivity contribution in [3.05, 3.63) is 11.8 Å². The van der Waals surface area contributed by atoms with Crippen LogP contribution in [-0.4, -0.2) is 16.0 Å². The summed E-state index contributed by atoms with van der Waals surface area (Å²) < 4.78 is 37.8. The Morgan fingerprint density at radius 2 is 2.21 bits per heavy atom. The highest BCUT2D eigenvalue weighted by atomic mass is 32.2. The highest BCUT2D eigenvalue weighted by Crippen LogP contribution is 2.38. The molecule has 2 rings (SSSR count). The topological polar surface area (TPSA) is 42.5 Å². The van der Waals surface area contributed by atoms with Crippen molar-refractivity contribution in [2.24, 2.45) is 10.2 Å². The summed E-state index contributed by atoms with van der Waals surface area (Å²) >= 11 is 1.27. The van der Waals surface area contributed by atoms with Gasteiger partial charge in [0.1, 0.15) is 0 Å². The van der Waals surface area contributed by atoms with Crippen LogP contribution in [0.3, 0.4) is 0 Å². The van der Waals surface area contributed by atoms with E-state index in [0.29, 0.717) is 0 Å². The summed E-state index contributed by atoms with van der Waals surface area (Å²) in [7, 11) is 0. The second-order valence-corrected chi connectivity index (χ2v) is 3.50. The average Bonchev–Trinajstić information content (AvgIpc) is 2.58. The van der Waals surface area contributed by atoms with Crippen molar-refractivity contribution in [2.75, 3.05) is 6.26 Å². The van der Waals surface area contributed by atoms with Gasteiger partial charge in [0.15, 0.2) is 11.5 Å². The lowest BCUT2D eigenvalue weighted by Gasteiger charge is -2.04. The van der Waals surface area contributed by atoms with Crippen molar-refractivity contribution >= 4 is 17.6 Å². The minimum absolute atomic E-state index is 0.150. The molecule has 0 amide bonds. The van der Waals surface area contributed by atoms with Crippen LogP contribution in [0.15, 0.2) is 16.3 Å². The first kappa shape index (κ1) is 9.50. The van der Waals surface area contributed by atoms with Crippen LogP contribution in [0, 0.1) is 0 Å². The summed E-state index contributed by atoms with van der Waals surface area (Å²) in [5, 5.41) is 10.7. The van der Waals surface area contributed by atoms with Gasteiger partial charge < -0.3 is 0 Å². The third-order valence-electron chi connectivity index (χ3n) is 1.69. The molecule has 0 bridgehead atoms. The number of rotatable bonds is 1. The largest absolute Gasteiger partial charge is 0.435 e. The zero-order valence-electron chi connectivity index (χ0n) is 6.99. The summed E-state index contributed by atoms with van der Waals surface area (Å²) in [6.45, 7) is 0. The molecule has 8 heteroatoms. The molecule has 0 spiro atoms. The molecule has 0 aromatic carbocycles. The molecular formula is C6H5F3N4S. The molecule has 14 heavy (non-hydrogen) atoms. The van der Waals surface area contributed by atoms with Crippen LogP contribution < -0.4 is 0 Å². The van der Waals surface area contributed by atoms with E-state index in [1.807, 2.05) is 0 Å². The standard InChI is InChI=1S/C6H5F3N4S/c1-14-5-11-10-4-2-3(6(7,8)9)12-13(4)5/h2,5H,1H3. The van der Waals surface area contributed by atoms with E-state index in [1.165, 1.54) is 11.8 Å². The number of nitrogens with zero attached hydrogens (tertiary/aromatic N) is 4. The SMILES string of the molecule is CSC1N=Nc2cc(C(F)(F)F)nn21. The predicted molar refractivity (Wildman–Crippen MR) is 44.3 cm³/mol. The van der Waals surface area contributed by atoms with Crippen molar-refractivity contribution in [3.8, 4) is 0 Å². The van der Waals surface area contributed by atoms with Crippen molar-refractivity contribution in [1.29, 1.82) is 0 Å². The zero-order chi connectivity index (χ0) is 10.3. The van der Waals surface area contributed by atoms with Gasteiger partial charge in [0.2, 0.25) is 5.50 Å². The maximum atomic E-state index is 12.2. The lowest BCUT2D eigenvalue weighted by Crippen LogP contribution is -2.08. The van der Waals surface area contributed by atoms with Gasteiger partial charge >= 0.3 is 6.18 Å². The van der Waals surface area contributed by atoms with Gasteiger partial charge in [-0.25, -0.2) is 4.68 Å². The molecule has 1 aromatic heterocycles. The number of azo groups is 1. The minimum atomic E-state index is -4.42. The highest BCUT2D eigenvalue weighted by molar-refractivity contribution is 7.98. The molecule has 1 atom stereocenters. The number of thioether (sulfide) groups is 1. The quantitative estimate of drug-likeness (QED) is 0.733. The van der Waals surface area contributed by atoms with Gasteiger partial charge in [-0.1, -0.05) is 0 Å². The molecule has 0 saturated carbocycles. The lowest BCUT2D eigenvalue weighted by atomic mass is 10.4. The van der Waals surface area contributed by atoms with Gasteiger partial charge in [0.05, 0.1) is 0 Å². The van der Waals surface area contributed by atoms with Gasteiger partial charge in [-0.05, 0) is 6.26 Å². The zero-order valence-corrected chi connectivity index (χ0v) is 7.80. The van der Waals surface area contributed by atoms with Crippen molar-refractivity contribution in [3.63, 3.8) is 0 Å². The molecule has 1 unspecified atom stereocenters. The Morgan fingerprint density at radius 1 is 1.50 bits per heavy atom. The van der Waals surface area contributed by atoms with Gasteiger partial charge in [-0.15, -0.1) is 22.0 Å². The summed E-state index contributed by atoms with van der Waals surface area (Å²) in [5.74, 6) is 0.150. The van der Waals surface area contributed by atoms with E-state index in [1.54, 1.807) is 6.26 Å². The van der Waals surface area contributed by atoms with Crippen LogP contribution in [-0.2, 0) is 6.18 Å². The predicted octanol–water partition coefficient (Wildman–Crippen LogP) is 2.82. The number of alkyl halides is 3. The minimum Gasteiger partial charge on any atom is -0.209 e. The van der Waals surface area contributed by atoms with Gasteiger partial charge in [-0.3, -0.25) is 0 Å². The molecule has 76 valence electrons. The smallest absolute Gasteiger partial charge is 0.209 e. The summed E-state index contributed by atoms with van der Waals surface area (Å²) in [4.78, 5) is 0. The summed E-state index contributed by atoms with van der Waals surface area (Å²) in [6.07, 6.45) is -2.69.